The molecule has 0 aliphatic carbocycles. The molecule has 0 bridgehead atoms. The Kier molecular flexibility index (Phi) is 6.84. The first-order valence-corrected chi connectivity index (χ1v) is 12.6. The molecule has 5 nitrogen and oxygen atoms in total. The van der Waals surface area contributed by atoms with Gasteiger partial charge in [-0.3, -0.25) is 4.79 Å². The average Bonchev–Trinajstić information content (AvgIpc) is 3.43. The number of hydrogen-bond donors (Lipinski definition) is 0. The number of rotatable bonds is 9. The van der Waals surface area contributed by atoms with Crippen LogP contribution in [0.3, 0.4) is 0 Å². The molecule has 1 aromatic heterocycles. The normalized spacial score (nSPS) is 15.8. The molecule has 35 heavy (non-hydrogen) atoms. The van der Waals surface area contributed by atoms with Gasteiger partial charge in [0.1, 0.15) is 11.6 Å². The molecule has 1 amide bonds. The molecule has 1 saturated heterocycles. The lowest BCUT2D eigenvalue weighted by atomic mass is 10.1. The summed E-state index contributed by atoms with van der Waals surface area (Å²) >= 11 is 0. The van der Waals surface area contributed by atoms with Crippen LogP contribution in [0.1, 0.15) is 41.3 Å². The van der Waals surface area contributed by atoms with E-state index in [4.69, 9.17) is 9.72 Å². The molecule has 1 aliphatic heterocycles. The van der Waals surface area contributed by atoms with Gasteiger partial charge in [-0.1, -0.05) is 54.6 Å². The van der Waals surface area contributed by atoms with Gasteiger partial charge in [0.2, 0.25) is 5.91 Å². The second-order valence-electron chi connectivity index (χ2n) is 9.49. The van der Waals surface area contributed by atoms with Crippen LogP contribution >= 0.6 is 0 Å². The van der Waals surface area contributed by atoms with E-state index in [1.165, 1.54) is 16.7 Å². The molecule has 4 aromatic rings. The predicted molar refractivity (Wildman–Crippen MR) is 140 cm³/mol. The van der Waals surface area contributed by atoms with Gasteiger partial charge < -0.3 is 14.2 Å². The topological polar surface area (TPSA) is 47.4 Å². The first-order chi connectivity index (χ1) is 17.1. The quantitative estimate of drug-likeness (QED) is 0.298. The highest BCUT2D eigenvalue weighted by Crippen LogP contribution is 2.31. The Labute approximate surface area is 207 Å². The highest BCUT2D eigenvalue weighted by Gasteiger charge is 2.33. The summed E-state index contributed by atoms with van der Waals surface area (Å²) in [6, 6.07) is 24.8. The summed E-state index contributed by atoms with van der Waals surface area (Å²) in [7, 11) is 0. The molecular formula is C30H33N3O2. The number of imidazole rings is 1. The zero-order valence-corrected chi connectivity index (χ0v) is 20.6. The highest BCUT2D eigenvalue weighted by atomic mass is 16.5. The van der Waals surface area contributed by atoms with E-state index in [9.17, 15) is 4.79 Å². The number of hydrogen-bond acceptors (Lipinski definition) is 3. The second kappa shape index (κ2) is 10.3. The van der Waals surface area contributed by atoms with Crippen molar-refractivity contribution in [2.75, 3.05) is 19.7 Å². The van der Waals surface area contributed by atoms with E-state index >= 15 is 0 Å². The summed E-state index contributed by atoms with van der Waals surface area (Å²) in [4.78, 5) is 19.8. The lowest BCUT2D eigenvalue weighted by Gasteiger charge is -2.17. The molecule has 0 saturated carbocycles. The Morgan fingerprint density at radius 1 is 0.943 bits per heavy atom. The summed E-state index contributed by atoms with van der Waals surface area (Å²) in [5.41, 5.74) is 5.83. The number of nitrogens with zero attached hydrogens (tertiary/aromatic N) is 3. The maximum atomic E-state index is 12.9. The molecule has 0 spiro atoms. The van der Waals surface area contributed by atoms with E-state index in [0.29, 0.717) is 13.0 Å². The van der Waals surface area contributed by atoms with Crippen LogP contribution in [0.5, 0.6) is 5.75 Å². The van der Waals surface area contributed by atoms with E-state index in [2.05, 4.69) is 66.9 Å². The second-order valence-corrected chi connectivity index (χ2v) is 9.49. The first kappa shape index (κ1) is 23.2. The van der Waals surface area contributed by atoms with Gasteiger partial charge in [0.25, 0.3) is 0 Å². The molecule has 2 heterocycles. The third-order valence-corrected chi connectivity index (χ3v) is 7.12. The number of carbonyl (C=O) groups is 1. The van der Waals surface area contributed by atoms with Crippen molar-refractivity contribution < 1.29 is 9.53 Å². The fraction of sp³-hybridized carbons (Fsp3) is 0.333. The zero-order valence-electron chi connectivity index (χ0n) is 20.6. The molecule has 5 heteroatoms. The van der Waals surface area contributed by atoms with Crippen LogP contribution in [-0.4, -0.2) is 40.1 Å². The fourth-order valence-electron chi connectivity index (χ4n) is 5.00. The minimum atomic E-state index is 0.116. The summed E-state index contributed by atoms with van der Waals surface area (Å²) in [5, 5.41) is 0. The third-order valence-electron chi connectivity index (χ3n) is 7.12. The SMILES string of the molecule is Cc1cccc(OCCCn2c(C3CC(=O)N(CCc4ccccc4)C3)nc3ccccc32)c1C. The molecule has 1 unspecified atom stereocenters. The van der Waals surface area contributed by atoms with Crippen molar-refractivity contribution in [3.8, 4) is 5.75 Å². The third kappa shape index (κ3) is 5.09. The van der Waals surface area contributed by atoms with Crippen LogP contribution in [-0.2, 0) is 17.8 Å². The molecule has 5 rings (SSSR count). The van der Waals surface area contributed by atoms with Crippen molar-refractivity contribution in [2.24, 2.45) is 0 Å². The van der Waals surface area contributed by atoms with Crippen molar-refractivity contribution >= 4 is 16.9 Å². The molecule has 0 radical (unpaired) electrons. The molecule has 3 aromatic carbocycles. The number of aryl methyl sites for hydroxylation is 2. The Morgan fingerprint density at radius 3 is 2.60 bits per heavy atom. The minimum Gasteiger partial charge on any atom is -0.493 e. The summed E-state index contributed by atoms with van der Waals surface area (Å²) in [5.74, 6) is 2.32. The van der Waals surface area contributed by atoms with Crippen LogP contribution in [0.2, 0.25) is 0 Å². The number of para-hydroxylation sites is 2. The van der Waals surface area contributed by atoms with Gasteiger partial charge in [-0.15, -0.1) is 0 Å². The number of likely N-dealkylation sites (tertiary alicyclic amines) is 1. The van der Waals surface area contributed by atoms with Gasteiger partial charge in [-0.2, -0.15) is 0 Å². The van der Waals surface area contributed by atoms with Crippen molar-refractivity contribution in [1.29, 1.82) is 0 Å². The van der Waals surface area contributed by atoms with Gasteiger partial charge in [0, 0.05) is 32.0 Å². The molecule has 1 fully saturated rings. The molecule has 0 N–H and O–H groups in total. The minimum absolute atomic E-state index is 0.116. The van der Waals surface area contributed by atoms with E-state index in [1.807, 2.05) is 29.2 Å². The van der Waals surface area contributed by atoms with Gasteiger partial charge in [-0.05, 0) is 61.6 Å². The first-order valence-electron chi connectivity index (χ1n) is 12.6. The van der Waals surface area contributed by atoms with E-state index in [1.54, 1.807) is 0 Å². The molecular weight excluding hydrogens is 434 g/mol. The number of amides is 1. The maximum absolute atomic E-state index is 12.9. The number of aromatic nitrogens is 2. The molecule has 1 atom stereocenters. The number of ether oxygens (including phenoxy) is 1. The standard InChI is InChI=1S/C30H33N3O2/c1-22-10-8-15-28(23(22)2)35-19-9-17-33-27-14-7-6-13-26(27)31-30(33)25-20-29(34)32(21-25)18-16-24-11-4-3-5-12-24/h3-8,10-15,25H,9,16-21H2,1-2H3. The molecule has 180 valence electrons. The Balaban J connectivity index is 1.27. The van der Waals surface area contributed by atoms with E-state index < -0.39 is 0 Å². The van der Waals surface area contributed by atoms with E-state index in [0.717, 1.165) is 55.1 Å². The largest absolute Gasteiger partial charge is 0.493 e. The summed E-state index contributed by atoms with van der Waals surface area (Å²) in [6.45, 7) is 7.15. The monoisotopic (exact) mass is 467 g/mol. The number of carbonyl (C=O) groups excluding carboxylic acids is 1. The van der Waals surface area contributed by atoms with Gasteiger partial charge in [0.05, 0.1) is 17.6 Å². The fourth-order valence-corrected chi connectivity index (χ4v) is 5.00. The van der Waals surface area contributed by atoms with Crippen LogP contribution in [0.4, 0.5) is 0 Å². The highest BCUT2D eigenvalue weighted by molar-refractivity contribution is 5.81. The Bertz CT molecular complexity index is 1310. The zero-order chi connectivity index (χ0) is 24.2. The number of benzene rings is 3. The van der Waals surface area contributed by atoms with E-state index in [-0.39, 0.29) is 11.8 Å². The summed E-state index contributed by atoms with van der Waals surface area (Å²) < 4.78 is 8.41. The van der Waals surface area contributed by atoms with Crippen LogP contribution in [0, 0.1) is 13.8 Å². The predicted octanol–water partition coefficient (Wildman–Crippen LogP) is 5.68. The lowest BCUT2D eigenvalue weighted by Crippen LogP contribution is -2.27. The average molecular weight is 468 g/mol. The van der Waals surface area contributed by atoms with Crippen molar-refractivity contribution in [2.45, 2.75) is 45.6 Å². The van der Waals surface area contributed by atoms with Crippen LogP contribution in [0.25, 0.3) is 11.0 Å². The maximum Gasteiger partial charge on any atom is 0.223 e. The van der Waals surface area contributed by atoms with Gasteiger partial charge in [-0.25, -0.2) is 4.98 Å². The van der Waals surface area contributed by atoms with Gasteiger partial charge in [0.15, 0.2) is 0 Å². The number of fused-ring (bicyclic) bond motifs is 1. The lowest BCUT2D eigenvalue weighted by molar-refractivity contribution is -0.127. The van der Waals surface area contributed by atoms with Crippen LogP contribution < -0.4 is 4.74 Å². The molecule has 1 aliphatic rings. The van der Waals surface area contributed by atoms with Crippen molar-refractivity contribution in [3.05, 3.63) is 95.3 Å². The Hall–Kier alpha value is -3.60. The Morgan fingerprint density at radius 2 is 1.74 bits per heavy atom. The van der Waals surface area contributed by atoms with Crippen molar-refractivity contribution in [1.82, 2.24) is 14.5 Å². The summed E-state index contributed by atoms with van der Waals surface area (Å²) in [6.07, 6.45) is 2.28. The van der Waals surface area contributed by atoms with Crippen molar-refractivity contribution in [3.63, 3.8) is 0 Å². The van der Waals surface area contributed by atoms with Crippen LogP contribution in [0.15, 0.2) is 72.8 Å². The smallest absolute Gasteiger partial charge is 0.223 e. The van der Waals surface area contributed by atoms with Gasteiger partial charge >= 0.3 is 0 Å².